The molecule has 0 saturated heterocycles. The van der Waals surface area contributed by atoms with Crippen LogP contribution in [0.3, 0.4) is 0 Å². The van der Waals surface area contributed by atoms with E-state index in [1.54, 1.807) is 54.7 Å². The number of nitrogens with one attached hydrogen (secondary N) is 2. The fraction of sp³-hybridized carbons (Fsp3) is 0.0417. The maximum absolute atomic E-state index is 13.1. The molecular formula is C24H18N6O2S. The van der Waals surface area contributed by atoms with Crippen molar-refractivity contribution in [2.75, 3.05) is 10.0 Å². The van der Waals surface area contributed by atoms with E-state index in [1.165, 1.54) is 6.07 Å². The lowest BCUT2D eigenvalue weighted by molar-refractivity contribution is 0.602. The molecule has 0 aliphatic carbocycles. The first kappa shape index (κ1) is 20.5. The first-order valence-corrected chi connectivity index (χ1v) is 11.5. The molecule has 0 aliphatic heterocycles. The summed E-state index contributed by atoms with van der Waals surface area (Å²) >= 11 is 0. The third-order valence-corrected chi connectivity index (χ3v) is 6.70. The van der Waals surface area contributed by atoms with E-state index in [0.717, 1.165) is 16.6 Å². The Kier molecular flexibility index (Phi) is 4.92. The van der Waals surface area contributed by atoms with E-state index in [1.807, 2.05) is 29.8 Å². The molecule has 33 heavy (non-hydrogen) atoms. The fourth-order valence-corrected chi connectivity index (χ4v) is 4.87. The molecule has 0 unspecified atom stereocenters. The van der Waals surface area contributed by atoms with Crippen LogP contribution < -0.4 is 10.0 Å². The predicted octanol–water partition coefficient (Wildman–Crippen LogP) is 4.54. The van der Waals surface area contributed by atoms with Crippen LogP contribution in [0.4, 0.5) is 17.3 Å². The van der Waals surface area contributed by atoms with Crippen LogP contribution in [0.2, 0.25) is 0 Å². The van der Waals surface area contributed by atoms with Crippen molar-refractivity contribution in [1.29, 1.82) is 5.26 Å². The molecule has 2 aromatic heterocycles. The van der Waals surface area contributed by atoms with Crippen LogP contribution in [0.5, 0.6) is 0 Å². The summed E-state index contributed by atoms with van der Waals surface area (Å²) in [5, 5.41) is 12.9. The average molecular weight is 455 g/mol. The van der Waals surface area contributed by atoms with Crippen LogP contribution in [0.15, 0.2) is 83.9 Å². The van der Waals surface area contributed by atoms with Crippen LogP contribution >= 0.6 is 0 Å². The number of sulfonamides is 1. The van der Waals surface area contributed by atoms with Gasteiger partial charge >= 0.3 is 0 Å². The van der Waals surface area contributed by atoms with E-state index in [9.17, 15) is 8.42 Å². The largest absolute Gasteiger partial charge is 0.326 e. The zero-order chi connectivity index (χ0) is 23.0. The van der Waals surface area contributed by atoms with Gasteiger partial charge in [0.2, 0.25) is 5.95 Å². The molecular weight excluding hydrogens is 436 g/mol. The Bertz CT molecular complexity index is 1650. The van der Waals surface area contributed by atoms with Crippen molar-refractivity contribution >= 4 is 49.3 Å². The van der Waals surface area contributed by atoms with E-state index in [2.05, 4.69) is 26.1 Å². The van der Waals surface area contributed by atoms with Crippen molar-refractivity contribution in [2.24, 2.45) is 7.05 Å². The molecule has 9 heteroatoms. The monoisotopic (exact) mass is 454 g/mol. The van der Waals surface area contributed by atoms with Gasteiger partial charge in [0.05, 0.1) is 33.9 Å². The van der Waals surface area contributed by atoms with Gasteiger partial charge in [-0.05, 0) is 54.6 Å². The molecule has 0 amide bonds. The van der Waals surface area contributed by atoms with E-state index >= 15 is 0 Å². The summed E-state index contributed by atoms with van der Waals surface area (Å²) in [5.41, 5.74) is 3.64. The highest BCUT2D eigenvalue weighted by molar-refractivity contribution is 7.93. The fourth-order valence-electron chi connectivity index (χ4n) is 3.64. The van der Waals surface area contributed by atoms with Crippen molar-refractivity contribution in [3.63, 3.8) is 0 Å². The first-order valence-electron chi connectivity index (χ1n) is 10.0. The summed E-state index contributed by atoms with van der Waals surface area (Å²) in [5.74, 6) is 0.591. The molecule has 0 aliphatic rings. The molecule has 0 radical (unpaired) electrons. The second kappa shape index (κ2) is 7.93. The summed E-state index contributed by atoms with van der Waals surface area (Å²) in [6.07, 6.45) is 1.57. The van der Waals surface area contributed by atoms with Gasteiger partial charge in [0, 0.05) is 24.3 Å². The lowest BCUT2D eigenvalue weighted by Crippen LogP contribution is -2.13. The van der Waals surface area contributed by atoms with E-state index < -0.39 is 10.0 Å². The summed E-state index contributed by atoms with van der Waals surface area (Å²) in [6.45, 7) is 0. The zero-order valence-electron chi connectivity index (χ0n) is 17.5. The Hall–Kier alpha value is -4.42. The van der Waals surface area contributed by atoms with Gasteiger partial charge in [0.15, 0.2) is 0 Å². The molecule has 2 heterocycles. The summed E-state index contributed by atoms with van der Waals surface area (Å²) in [4.78, 5) is 8.96. The third-order valence-electron chi connectivity index (χ3n) is 5.29. The topological polar surface area (TPSA) is 113 Å². The molecule has 0 atom stereocenters. The van der Waals surface area contributed by atoms with Crippen LogP contribution in [-0.4, -0.2) is 23.0 Å². The van der Waals surface area contributed by atoms with Crippen LogP contribution in [0, 0.1) is 11.3 Å². The van der Waals surface area contributed by atoms with E-state index in [0.29, 0.717) is 28.2 Å². The minimum atomic E-state index is -3.86. The number of para-hydroxylation sites is 1. The number of nitrogens with zero attached hydrogens (tertiary/aromatic N) is 4. The molecule has 0 spiro atoms. The molecule has 2 N–H and O–H groups in total. The second-order valence-electron chi connectivity index (χ2n) is 7.45. The van der Waals surface area contributed by atoms with Crippen molar-refractivity contribution in [3.8, 4) is 6.07 Å². The Labute approximate surface area is 190 Å². The number of fused-ring (bicyclic) bond motifs is 2. The molecule has 0 bridgehead atoms. The molecule has 0 saturated carbocycles. The molecule has 5 aromatic rings. The van der Waals surface area contributed by atoms with Gasteiger partial charge in [-0.1, -0.05) is 18.2 Å². The number of aromatic nitrogens is 3. The van der Waals surface area contributed by atoms with Gasteiger partial charge < -0.3 is 9.88 Å². The van der Waals surface area contributed by atoms with Gasteiger partial charge in [-0.2, -0.15) is 5.26 Å². The van der Waals surface area contributed by atoms with E-state index in [-0.39, 0.29) is 4.90 Å². The minimum Gasteiger partial charge on any atom is -0.326 e. The Balaban J connectivity index is 1.46. The molecule has 5 rings (SSSR count). The Morgan fingerprint density at radius 2 is 1.73 bits per heavy atom. The predicted molar refractivity (Wildman–Crippen MR) is 128 cm³/mol. The number of imidazole rings is 1. The van der Waals surface area contributed by atoms with Crippen molar-refractivity contribution in [2.45, 2.75) is 4.90 Å². The highest BCUT2D eigenvalue weighted by Gasteiger charge is 2.19. The van der Waals surface area contributed by atoms with Gasteiger partial charge in [-0.25, -0.2) is 13.4 Å². The second-order valence-corrected chi connectivity index (χ2v) is 9.10. The maximum atomic E-state index is 13.1. The number of nitriles is 1. The van der Waals surface area contributed by atoms with Crippen LogP contribution in [0.25, 0.3) is 21.9 Å². The normalized spacial score (nSPS) is 11.4. The van der Waals surface area contributed by atoms with Crippen molar-refractivity contribution < 1.29 is 8.42 Å². The lowest BCUT2D eigenvalue weighted by Gasteiger charge is -2.10. The molecule has 162 valence electrons. The van der Waals surface area contributed by atoms with Crippen LogP contribution in [0.1, 0.15) is 5.56 Å². The number of pyridine rings is 1. The van der Waals surface area contributed by atoms with Crippen molar-refractivity contribution in [1.82, 2.24) is 14.5 Å². The lowest BCUT2D eigenvalue weighted by atomic mass is 10.2. The number of hydrogen-bond donors (Lipinski definition) is 2. The standard InChI is InChI=1S/C24H18N6O2S/c1-30-21-12-11-19(14-20(21)28-24(30)27-18-9-7-16(15-25)8-10-18)29-33(31,32)22-6-2-4-17-5-3-13-26-23(17)22/h2-14,29H,1H3,(H,27,28). The Morgan fingerprint density at radius 3 is 2.52 bits per heavy atom. The SMILES string of the molecule is Cn1c(Nc2ccc(C#N)cc2)nc2cc(NS(=O)(=O)c3cccc4cccnc34)ccc21. The van der Waals surface area contributed by atoms with Gasteiger partial charge in [0.25, 0.3) is 10.0 Å². The minimum absolute atomic E-state index is 0.116. The van der Waals surface area contributed by atoms with Crippen LogP contribution in [-0.2, 0) is 17.1 Å². The summed E-state index contributed by atoms with van der Waals surface area (Å²) in [7, 11) is -1.99. The van der Waals surface area contributed by atoms with Gasteiger partial charge in [-0.15, -0.1) is 0 Å². The number of hydrogen-bond acceptors (Lipinski definition) is 6. The number of anilines is 3. The zero-order valence-corrected chi connectivity index (χ0v) is 18.3. The number of benzene rings is 3. The van der Waals surface area contributed by atoms with Gasteiger partial charge in [0.1, 0.15) is 4.90 Å². The number of rotatable bonds is 5. The van der Waals surface area contributed by atoms with E-state index in [4.69, 9.17) is 5.26 Å². The highest BCUT2D eigenvalue weighted by atomic mass is 32.2. The van der Waals surface area contributed by atoms with Crippen molar-refractivity contribution in [3.05, 3.63) is 84.6 Å². The molecule has 8 nitrogen and oxygen atoms in total. The number of aryl methyl sites for hydroxylation is 1. The van der Waals surface area contributed by atoms with Gasteiger partial charge in [-0.3, -0.25) is 9.71 Å². The molecule has 3 aromatic carbocycles. The third kappa shape index (κ3) is 3.84. The average Bonchev–Trinajstić information content (AvgIpc) is 3.13. The highest BCUT2D eigenvalue weighted by Crippen LogP contribution is 2.27. The summed E-state index contributed by atoms with van der Waals surface area (Å²) in [6, 6.07) is 23.0. The summed E-state index contributed by atoms with van der Waals surface area (Å²) < 4.78 is 30.7. The Morgan fingerprint density at radius 1 is 0.970 bits per heavy atom. The molecule has 0 fully saturated rings. The maximum Gasteiger partial charge on any atom is 0.264 e. The first-order chi connectivity index (χ1) is 15.9. The quantitative estimate of drug-likeness (QED) is 0.403. The smallest absolute Gasteiger partial charge is 0.264 e.